The third-order valence-electron chi connectivity index (χ3n) is 3.44. The van der Waals surface area contributed by atoms with Gasteiger partial charge in [-0.1, -0.05) is 24.3 Å². The van der Waals surface area contributed by atoms with Crippen LogP contribution in [0.25, 0.3) is 0 Å². The molecule has 1 aliphatic rings. The fourth-order valence-electron chi connectivity index (χ4n) is 2.46. The van der Waals surface area contributed by atoms with Gasteiger partial charge in [-0.15, -0.1) is 0 Å². The maximum Gasteiger partial charge on any atom is 0.129 e. The molecule has 0 spiro atoms. The Labute approximate surface area is 106 Å². The predicted molar refractivity (Wildman–Crippen MR) is 70.5 cm³/mol. The van der Waals surface area contributed by atoms with Crippen LogP contribution >= 0.6 is 0 Å². The maximum atomic E-state index is 8.24. The lowest BCUT2D eigenvalue weighted by Gasteiger charge is -2.26. The molecule has 92 valence electrons. The van der Waals surface area contributed by atoms with Crippen molar-refractivity contribution in [3.8, 4) is 0 Å². The van der Waals surface area contributed by atoms with Crippen molar-refractivity contribution in [2.75, 3.05) is 0 Å². The molecule has 2 aromatic rings. The maximum absolute atomic E-state index is 8.24. The molecule has 1 aromatic heterocycles. The SMILES string of the molecule is CC(Cn1cccn1)N1Cc2ccccc2C1=N. The minimum atomic E-state index is 0.268. The van der Waals surface area contributed by atoms with Gasteiger partial charge in [0.05, 0.1) is 6.54 Å². The van der Waals surface area contributed by atoms with Crippen molar-refractivity contribution in [1.82, 2.24) is 14.7 Å². The van der Waals surface area contributed by atoms with Crippen LogP contribution in [0.5, 0.6) is 0 Å². The van der Waals surface area contributed by atoms with Crippen molar-refractivity contribution in [2.24, 2.45) is 0 Å². The second-order valence-electron chi connectivity index (χ2n) is 4.71. The first-order valence-electron chi connectivity index (χ1n) is 6.16. The second-order valence-corrected chi connectivity index (χ2v) is 4.71. The Morgan fingerprint density at radius 3 is 2.89 bits per heavy atom. The molecule has 1 aromatic carbocycles. The Balaban J connectivity index is 1.78. The summed E-state index contributed by atoms with van der Waals surface area (Å²) in [5, 5.41) is 12.5. The number of benzene rings is 1. The molecule has 0 amide bonds. The molecule has 3 rings (SSSR count). The molecule has 1 atom stereocenters. The molecular formula is C14H16N4. The Morgan fingerprint density at radius 1 is 1.33 bits per heavy atom. The highest BCUT2D eigenvalue weighted by atomic mass is 15.3. The summed E-state index contributed by atoms with van der Waals surface area (Å²) in [7, 11) is 0. The fraction of sp³-hybridized carbons (Fsp3) is 0.286. The van der Waals surface area contributed by atoms with Crippen LogP contribution in [-0.2, 0) is 13.1 Å². The van der Waals surface area contributed by atoms with Crippen LogP contribution in [0, 0.1) is 5.41 Å². The zero-order valence-electron chi connectivity index (χ0n) is 10.4. The van der Waals surface area contributed by atoms with E-state index < -0.39 is 0 Å². The first-order valence-corrected chi connectivity index (χ1v) is 6.16. The number of fused-ring (bicyclic) bond motifs is 1. The zero-order chi connectivity index (χ0) is 12.5. The number of aromatic nitrogens is 2. The molecule has 4 heteroatoms. The molecule has 0 bridgehead atoms. The number of hydrogen-bond donors (Lipinski definition) is 1. The van der Waals surface area contributed by atoms with Crippen molar-refractivity contribution in [3.05, 3.63) is 53.9 Å². The zero-order valence-corrected chi connectivity index (χ0v) is 10.4. The van der Waals surface area contributed by atoms with Crippen LogP contribution in [0.2, 0.25) is 0 Å². The molecule has 1 aliphatic heterocycles. The summed E-state index contributed by atoms with van der Waals surface area (Å²) in [4.78, 5) is 2.13. The van der Waals surface area contributed by atoms with Crippen molar-refractivity contribution in [1.29, 1.82) is 5.41 Å². The summed E-state index contributed by atoms with van der Waals surface area (Å²) >= 11 is 0. The molecule has 0 fully saturated rings. The lowest BCUT2D eigenvalue weighted by atomic mass is 10.1. The number of amidine groups is 1. The van der Waals surface area contributed by atoms with Gasteiger partial charge in [-0.3, -0.25) is 10.1 Å². The van der Waals surface area contributed by atoms with Gasteiger partial charge >= 0.3 is 0 Å². The van der Waals surface area contributed by atoms with Gasteiger partial charge in [0.1, 0.15) is 5.84 Å². The van der Waals surface area contributed by atoms with Gasteiger partial charge in [0.2, 0.25) is 0 Å². The highest BCUT2D eigenvalue weighted by molar-refractivity contribution is 6.00. The van der Waals surface area contributed by atoms with Gasteiger partial charge in [0, 0.05) is 30.5 Å². The van der Waals surface area contributed by atoms with Crippen molar-refractivity contribution in [3.63, 3.8) is 0 Å². The largest absolute Gasteiger partial charge is 0.348 e. The first-order chi connectivity index (χ1) is 8.75. The lowest BCUT2D eigenvalue weighted by Crippen LogP contribution is -2.36. The normalized spacial score (nSPS) is 15.8. The van der Waals surface area contributed by atoms with E-state index in [-0.39, 0.29) is 6.04 Å². The van der Waals surface area contributed by atoms with E-state index in [9.17, 15) is 0 Å². The third kappa shape index (κ3) is 1.79. The summed E-state index contributed by atoms with van der Waals surface area (Å²) in [5.41, 5.74) is 2.31. The topological polar surface area (TPSA) is 44.9 Å². The predicted octanol–water partition coefficient (Wildman–Crippen LogP) is 2.11. The van der Waals surface area contributed by atoms with Gasteiger partial charge in [-0.2, -0.15) is 5.10 Å². The highest BCUT2D eigenvalue weighted by Crippen LogP contribution is 2.24. The van der Waals surface area contributed by atoms with E-state index in [1.807, 2.05) is 35.1 Å². The van der Waals surface area contributed by atoms with E-state index in [2.05, 4.69) is 23.0 Å². The van der Waals surface area contributed by atoms with E-state index in [4.69, 9.17) is 5.41 Å². The van der Waals surface area contributed by atoms with Crippen LogP contribution in [0.15, 0.2) is 42.7 Å². The summed E-state index contributed by atoms with van der Waals surface area (Å²) in [6.45, 7) is 3.78. The summed E-state index contributed by atoms with van der Waals surface area (Å²) in [6.07, 6.45) is 3.75. The van der Waals surface area contributed by atoms with Crippen LogP contribution in [0.3, 0.4) is 0 Å². The van der Waals surface area contributed by atoms with Crippen LogP contribution in [0.4, 0.5) is 0 Å². The van der Waals surface area contributed by atoms with E-state index >= 15 is 0 Å². The Kier molecular flexibility index (Phi) is 2.63. The van der Waals surface area contributed by atoms with E-state index in [1.54, 1.807) is 6.20 Å². The Hall–Kier alpha value is -2.10. The highest BCUT2D eigenvalue weighted by Gasteiger charge is 2.27. The lowest BCUT2D eigenvalue weighted by molar-refractivity contribution is 0.293. The van der Waals surface area contributed by atoms with Gasteiger partial charge in [-0.05, 0) is 18.6 Å². The molecule has 1 N–H and O–H groups in total. The minimum Gasteiger partial charge on any atom is -0.348 e. The smallest absolute Gasteiger partial charge is 0.129 e. The standard InChI is InChI=1S/C14H16N4/c1-11(9-17-8-4-7-16-17)18-10-12-5-2-3-6-13(12)14(18)15/h2-8,11,15H,9-10H2,1H3. The average Bonchev–Trinajstić information content (AvgIpc) is 2.98. The second kappa shape index (κ2) is 4.29. The van der Waals surface area contributed by atoms with Gasteiger partial charge in [0.15, 0.2) is 0 Å². The van der Waals surface area contributed by atoms with Crippen LogP contribution < -0.4 is 0 Å². The molecule has 0 saturated heterocycles. The quantitative estimate of drug-likeness (QED) is 0.893. The number of hydrogen-bond acceptors (Lipinski definition) is 2. The molecule has 0 saturated carbocycles. The molecule has 0 radical (unpaired) electrons. The van der Waals surface area contributed by atoms with Gasteiger partial charge < -0.3 is 4.90 Å². The molecule has 4 nitrogen and oxygen atoms in total. The Morgan fingerprint density at radius 2 is 2.17 bits per heavy atom. The van der Waals surface area contributed by atoms with E-state index in [0.29, 0.717) is 5.84 Å². The van der Waals surface area contributed by atoms with Gasteiger partial charge in [0.25, 0.3) is 0 Å². The first kappa shape index (κ1) is 11.0. The van der Waals surface area contributed by atoms with Crippen molar-refractivity contribution < 1.29 is 0 Å². The van der Waals surface area contributed by atoms with E-state index in [1.165, 1.54) is 5.56 Å². The Bertz CT molecular complexity index is 559. The van der Waals surface area contributed by atoms with Crippen LogP contribution in [0.1, 0.15) is 18.1 Å². The van der Waals surface area contributed by atoms with Crippen molar-refractivity contribution >= 4 is 5.84 Å². The molecule has 2 heterocycles. The summed E-state index contributed by atoms with van der Waals surface area (Å²) < 4.78 is 1.92. The minimum absolute atomic E-state index is 0.268. The fourth-order valence-corrected chi connectivity index (χ4v) is 2.46. The monoisotopic (exact) mass is 240 g/mol. The molecule has 18 heavy (non-hydrogen) atoms. The van der Waals surface area contributed by atoms with Gasteiger partial charge in [-0.25, -0.2) is 0 Å². The third-order valence-corrected chi connectivity index (χ3v) is 3.44. The number of rotatable bonds is 3. The van der Waals surface area contributed by atoms with E-state index in [0.717, 1.165) is 18.7 Å². The summed E-state index contributed by atoms with van der Waals surface area (Å²) in [5.74, 6) is 0.630. The van der Waals surface area contributed by atoms with Crippen LogP contribution in [-0.4, -0.2) is 26.6 Å². The molecule has 0 aliphatic carbocycles. The average molecular weight is 240 g/mol. The van der Waals surface area contributed by atoms with Crippen molar-refractivity contribution in [2.45, 2.75) is 26.1 Å². The summed E-state index contributed by atoms with van der Waals surface area (Å²) in [6, 6.07) is 10.4. The number of nitrogens with one attached hydrogen (secondary N) is 1. The molecule has 1 unspecified atom stereocenters. The molecular weight excluding hydrogens is 224 g/mol. The number of nitrogens with zero attached hydrogens (tertiary/aromatic N) is 3.